The minimum absolute atomic E-state index is 0.0289. The van der Waals surface area contributed by atoms with Gasteiger partial charge in [-0.15, -0.1) is 0 Å². The maximum Gasteiger partial charge on any atom is 0.387 e. The Morgan fingerprint density at radius 3 is 2.53 bits per heavy atom. The number of urea groups is 1. The fourth-order valence-electron chi connectivity index (χ4n) is 1.40. The van der Waals surface area contributed by atoms with Crippen LogP contribution in [0.1, 0.15) is 5.56 Å². The number of amides is 3. The van der Waals surface area contributed by atoms with Gasteiger partial charge in [-0.3, -0.25) is 10.1 Å². The van der Waals surface area contributed by atoms with Gasteiger partial charge in [-0.05, 0) is 29.8 Å². The van der Waals surface area contributed by atoms with Gasteiger partial charge in [-0.1, -0.05) is 0 Å². The lowest BCUT2D eigenvalue weighted by molar-refractivity contribution is -0.118. The van der Waals surface area contributed by atoms with Gasteiger partial charge in [0.2, 0.25) is 5.91 Å². The molecule has 6 nitrogen and oxygen atoms in total. The van der Waals surface area contributed by atoms with Crippen molar-refractivity contribution in [2.45, 2.75) is 6.61 Å². The highest BCUT2D eigenvalue weighted by atomic mass is 19.3. The molecular formula is C11H9F2N3O3. The average Bonchev–Trinajstić information content (AvgIpc) is 2.66. The Labute approximate surface area is 106 Å². The second kappa shape index (κ2) is 5.42. The van der Waals surface area contributed by atoms with Crippen LogP contribution >= 0.6 is 0 Å². The van der Waals surface area contributed by atoms with Gasteiger partial charge in [0.05, 0.1) is 6.21 Å². The standard InChI is InChI=1S/C11H9F2N3O3/c12-10(13)19-8-3-1-7(2-4-8)5-14-16-6-9(17)15-11(16)18/h1-5,10H,6H2,(H,15,17,18)/b14-5+. The summed E-state index contributed by atoms with van der Waals surface area (Å²) >= 11 is 0. The smallest absolute Gasteiger partial charge is 0.387 e. The minimum atomic E-state index is -2.88. The summed E-state index contributed by atoms with van der Waals surface area (Å²) < 4.78 is 28.0. The number of hydrogen-bond acceptors (Lipinski definition) is 4. The van der Waals surface area contributed by atoms with Gasteiger partial charge < -0.3 is 4.74 Å². The van der Waals surface area contributed by atoms with Crippen LogP contribution < -0.4 is 10.1 Å². The summed E-state index contributed by atoms with van der Waals surface area (Å²) in [5.41, 5.74) is 0.578. The fraction of sp³-hybridized carbons (Fsp3) is 0.182. The zero-order valence-corrected chi connectivity index (χ0v) is 9.55. The van der Waals surface area contributed by atoms with Crippen molar-refractivity contribution < 1.29 is 23.1 Å². The van der Waals surface area contributed by atoms with Crippen molar-refractivity contribution in [3.05, 3.63) is 29.8 Å². The van der Waals surface area contributed by atoms with Gasteiger partial charge in [-0.2, -0.15) is 13.9 Å². The summed E-state index contributed by atoms with van der Waals surface area (Å²) in [5.74, 6) is -0.399. The lowest BCUT2D eigenvalue weighted by Crippen LogP contribution is -2.24. The van der Waals surface area contributed by atoms with Crippen molar-refractivity contribution in [2.24, 2.45) is 5.10 Å². The Morgan fingerprint density at radius 1 is 1.32 bits per heavy atom. The molecule has 1 aromatic rings. The number of halogens is 2. The van der Waals surface area contributed by atoms with Gasteiger partial charge >= 0.3 is 12.6 Å². The van der Waals surface area contributed by atoms with Crippen molar-refractivity contribution in [3.8, 4) is 5.75 Å². The maximum atomic E-state index is 11.9. The van der Waals surface area contributed by atoms with E-state index in [9.17, 15) is 18.4 Å². The number of carbonyl (C=O) groups excluding carboxylic acids is 2. The van der Waals surface area contributed by atoms with Gasteiger partial charge in [0, 0.05) is 0 Å². The molecule has 0 spiro atoms. The zero-order valence-electron chi connectivity index (χ0n) is 9.55. The van der Waals surface area contributed by atoms with Crippen LogP contribution in [0.2, 0.25) is 0 Å². The summed E-state index contributed by atoms with van der Waals surface area (Å²) in [7, 11) is 0. The highest BCUT2D eigenvalue weighted by Gasteiger charge is 2.25. The first kappa shape index (κ1) is 12.9. The van der Waals surface area contributed by atoms with E-state index in [1.54, 1.807) is 0 Å². The minimum Gasteiger partial charge on any atom is -0.435 e. The Hall–Kier alpha value is -2.51. The molecule has 19 heavy (non-hydrogen) atoms. The molecule has 0 radical (unpaired) electrons. The van der Waals surface area contributed by atoms with Gasteiger partial charge in [0.1, 0.15) is 12.3 Å². The van der Waals surface area contributed by atoms with Crippen molar-refractivity contribution in [1.82, 2.24) is 10.3 Å². The van der Waals surface area contributed by atoms with E-state index in [2.05, 4.69) is 15.2 Å². The molecule has 100 valence electrons. The van der Waals surface area contributed by atoms with E-state index in [0.717, 1.165) is 5.01 Å². The number of ether oxygens (including phenoxy) is 1. The Morgan fingerprint density at radius 2 is 2.00 bits per heavy atom. The van der Waals surface area contributed by atoms with Crippen molar-refractivity contribution in [2.75, 3.05) is 6.54 Å². The van der Waals surface area contributed by atoms with Crippen molar-refractivity contribution in [3.63, 3.8) is 0 Å². The molecular weight excluding hydrogens is 260 g/mol. The molecule has 0 saturated carbocycles. The summed E-state index contributed by atoms with van der Waals surface area (Å²) in [5, 5.41) is 6.83. The molecule has 1 saturated heterocycles. The van der Waals surface area contributed by atoms with E-state index in [1.807, 2.05) is 0 Å². The van der Waals surface area contributed by atoms with Crippen LogP contribution in [0.25, 0.3) is 0 Å². The highest BCUT2D eigenvalue weighted by molar-refractivity contribution is 6.02. The summed E-state index contributed by atoms with van der Waals surface area (Å²) in [4.78, 5) is 22.0. The third kappa shape index (κ3) is 3.47. The number of rotatable bonds is 4. The van der Waals surface area contributed by atoms with E-state index in [1.165, 1.54) is 30.5 Å². The van der Waals surface area contributed by atoms with E-state index in [-0.39, 0.29) is 12.3 Å². The molecule has 8 heteroatoms. The number of benzene rings is 1. The number of hydrazone groups is 1. The van der Waals surface area contributed by atoms with Gasteiger partial charge in [-0.25, -0.2) is 9.80 Å². The molecule has 2 rings (SSSR count). The topological polar surface area (TPSA) is 71.0 Å². The van der Waals surface area contributed by atoms with E-state index in [4.69, 9.17) is 0 Å². The summed E-state index contributed by atoms with van der Waals surface area (Å²) in [6.07, 6.45) is 1.34. The van der Waals surface area contributed by atoms with E-state index >= 15 is 0 Å². The van der Waals surface area contributed by atoms with Crippen LogP contribution in [-0.4, -0.2) is 36.3 Å². The summed E-state index contributed by atoms with van der Waals surface area (Å²) in [6, 6.07) is 5.10. The predicted molar refractivity (Wildman–Crippen MR) is 60.9 cm³/mol. The molecule has 0 atom stereocenters. The van der Waals surface area contributed by atoms with E-state index < -0.39 is 18.5 Å². The normalized spacial score (nSPS) is 15.4. The zero-order chi connectivity index (χ0) is 13.8. The third-order valence-corrected chi connectivity index (χ3v) is 2.23. The van der Waals surface area contributed by atoms with Gasteiger partial charge in [0.15, 0.2) is 0 Å². The van der Waals surface area contributed by atoms with Crippen molar-refractivity contribution >= 4 is 18.2 Å². The number of imide groups is 1. The molecule has 1 aliphatic rings. The number of carbonyl (C=O) groups is 2. The van der Waals surface area contributed by atoms with Crippen LogP contribution in [0.3, 0.4) is 0 Å². The Kier molecular flexibility index (Phi) is 3.69. The molecule has 0 aliphatic carbocycles. The van der Waals surface area contributed by atoms with Crippen LogP contribution in [0, 0.1) is 0 Å². The van der Waals surface area contributed by atoms with Crippen LogP contribution in [0.15, 0.2) is 29.4 Å². The number of alkyl halides is 2. The van der Waals surface area contributed by atoms with Crippen LogP contribution in [-0.2, 0) is 4.79 Å². The Bertz CT molecular complexity index is 516. The highest BCUT2D eigenvalue weighted by Crippen LogP contribution is 2.14. The second-order valence-electron chi connectivity index (χ2n) is 3.60. The lowest BCUT2D eigenvalue weighted by atomic mass is 10.2. The number of nitrogens with one attached hydrogen (secondary N) is 1. The van der Waals surface area contributed by atoms with Crippen LogP contribution in [0.5, 0.6) is 5.75 Å². The number of hydrogen-bond donors (Lipinski definition) is 1. The third-order valence-electron chi connectivity index (χ3n) is 2.23. The number of nitrogens with zero attached hydrogens (tertiary/aromatic N) is 2. The molecule has 0 bridgehead atoms. The molecule has 3 amide bonds. The molecule has 1 N–H and O–H groups in total. The van der Waals surface area contributed by atoms with Crippen LogP contribution in [0.4, 0.5) is 13.6 Å². The van der Waals surface area contributed by atoms with E-state index in [0.29, 0.717) is 5.56 Å². The molecule has 1 aliphatic heterocycles. The quantitative estimate of drug-likeness (QED) is 0.659. The molecule has 0 unspecified atom stereocenters. The predicted octanol–water partition coefficient (Wildman–Crippen LogP) is 1.17. The monoisotopic (exact) mass is 269 g/mol. The first-order valence-corrected chi connectivity index (χ1v) is 5.25. The first-order chi connectivity index (χ1) is 9.04. The largest absolute Gasteiger partial charge is 0.435 e. The van der Waals surface area contributed by atoms with Gasteiger partial charge in [0.25, 0.3) is 0 Å². The molecule has 0 aromatic heterocycles. The first-order valence-electron chi connectivity index (χ1n) is 5.25. The maximum absolute atomic E-state index is 11.9. The SMILES string of the molecule is O=C1CN(/N=C/c2ccc(OC(F)F)cc2)C(=O)N1. The molecule has 1 heterocycles. The fourth-order valence-corrected chi connectivity index (χ4v) is 1.40. The molecule has 1 aromatic carbocycles. The lowest BCUT2D eigenvalue weighted by Gasteiger charge is -2.05. The second-order valence-corrected chi connectivity index (χ2v) is 3.60. The average molecular weight is 269 g/mol. The summed E-state index contributed by atoms with van der Waals surface area (Å²) in [6.45, 7) is -3.01. The van der Waals surface area contributed by atoms with Crippen molar-refractivity contribution in [1.29, 1.82) is 0 Å². The Balaban J connectivity index is 1.99. The molecule has 1 fully saturated rings.